The van der Waals surface area contributed by atoms with Crippen LogP contribution in [0.25, 0.3) is 0 Å². The Hall–Kier alpha value is -1.91. The third-order valence-corrected chi connectivity index (χ3v) is 3.43. The molecule has 1 aromatic rings. The fraction of sp³-hybridized carbons (Fsp3) is 0.562. The number of nitrogens with one attached hydrogen (secondary N) is 1. The number of carboxylic acids is 1. The van der Waals surface area contributed by atoms with Crippen LogP contribution in [0.5, 0.6) is 0 Å². The maximum Gasteiger partial charge on any atom is 0.354 e. The third kappa shape index (κ3) is 5.94. The molecular formula is C16H24N2O3. The van der Waals surface area contributed by atoms with Gasteiger partial charge < -0.3 is 10.4 Å². The molecule has 0 aliphatic rings. The van der Waals surface area contributed by atoms with Gasteiger partial charge in [-0.25, -0.2) is 9.78 Å². The molecule has 0 fully saturated rings. The highest BCUT2D eigenvalue weighted by molar-refractivity contribution is 5.94. The van der Waals surface area contributed by atoms with E-state index in [9.17, 15) is 9.59 Å². The van der Waals surface area contributed by atoms with Crippen molar-refractivity contribution in [1.29, 1.82) is 0 Å². The highest BCUT2D eigenvalue weighted by atomic mass is 16.4. The van der Waals surface area contributed by atoms with Crippen molar-refractivity contribution in [3.8, 4) is 0 Å². The maximum absolute atomic E-state index is 12.0. The SMILES string of the molecule is CCCCCC(C)(C)CNC(=O)c1ccc(C(=O)O)nc1. The Bertz CT molecular complexity index is 481. The predicted molar refractivity (Wildman–Crippen MR) is 81.5 cm³/mol. The van der Waals surface area contributed by atoms with E-state index in [0.717, 1.165) is 12.8 Å². The Morgan fingerprint density at radius 2 is 2.00 bits per heavy atom. The van der Waals surface area contributed by atoms with Crippen molar-refractivity contribution in [3.05, 3.63) is 29.6 Å². The van der Waals surface area contributed by atoms with Crippen molar-refractivity contribution >= 4 is 11.9 Å². The van der Waals surface area contributed by atoms with Gasteiger partial charge in [0, 0.05) is 12.7 Å². The van der Waals surface area contributed by atoms with Crippen LogP contribution in [0.1, 0.15) is 67.3 Å². The second kappa shape index (κ2) is 7.76. The van der Waals surface area contributed by atoms with E-state index in [4.69, 9.17) is 5.11 Å². The lowest BCUT2D eigenvalue weighted by molar-refractivity contribution is 0.0689. The average molecular weight is 292 g/mol. The summed E-state index contributed by atoms with van der Waals surface area (Å²) in [6.45, 7) is 7.03. The fourth-order valence-electron chi connectivity index (χ4n) is 2.02. The molecule has 0 aliphatic carbocycles. The standard InChI is InChI=1S/C16H24N2O3/c1-4-5-6-9-16(2,3)11-18-14(19)12-7-8-13(15(20)21)17-10-12/h7-8,10H,4-6,9,11H2,1-3H3,(H,18,19)(H,20,21). The van der Waals surface area contributed by atoms with E-state index in [1.807, 2.05) is 0 Å². The second-order valence-corrected chi connectivity index (χ2v) is 6.04. The highest BCUT2D eigenvalue weighted by Gasteiger charge is 2.19. The lowest BCUT2D eigenvalue weighted by atomic mass is 9.87. The van der Waals surface area contributed by atoms with Gasteiger partial charge in [-0.15, -0.1) is 0 Å². The van der Waals surface area contributed by atoms with Gasteiger partial charge in [0.25, 0.3) is 5.91 Å². The number of hydrogen-bond acceptors (Lipinski definition) is 3. The van der Waals surface area contributed by atoms with Crippen LogP contribution in [0.2, 0.25) is 0 Å². The molecule has 1 heterocycles. The molecule has 0 saturated carbocycles. The van der Waals surface area contributed by atoms with Crippen LogP contribution in [0.3, 0.4) is 0 Å². The van der Waals surface area contributed by atoms with E-state index < -0.39 is 5.97 Å². The largest absolute Gasteiger partial charge is 0.477 e. The van der Waals surface area contributed by atoms with Crippen molar-refractivity contribution < 1.29 is 14.7 Å². The van der Waals surface area contributed by atoms with Gasteiger partial charge in [-0.3, -0.25) is 4.79 Å². The molecule has 0 aliphatic heterocycles. The topological polar surface area (TPSA) is 79.3 Å². The Balaban J connectivity index is 2.51. The second-order valence-electron chi connectivity index (χ2n) is 6.04. The molecule has 0 spiro atoms. The Kier molecular flexibility index (Phi) is 6.34. The molecule has 0 aromatic carbocycles. The van der Waals surface area contributed by atoms with Crippen LogP contribution in [-0.4, -0.2) is 28.5 Å². The quantitative estimate of drug-likeness (QED) is 0.721. The first-order chi connectivity index (χ1) is 9.85. The normalized spacial score (nSPS) is 11.2. The van der Waals surface area contributed by atoms with E-state index in [1.165, 1.54) is 31.2 Å². The van der Waals surface area contributed by atoms with Gasteiger partial charge in [0.1, 0.15) is 5.69 Å². The number of rotatable bonds is 8. The smallest absolute Gasteiger partial charge is 0.354 e. The lowest BCUT2D eigenvalue weighted by Gasteiger charge is -2.24. The fourth-order valence-corrected chi connectivity index (χ4v) is 2.02. The summed E-state index contributed by atoms with van der Waals surface area (Å²) >= 11 is 0. The van der Waals surface area contributed by atoms with Crippen LogP contribution in [0.15, 0.2) is 18.3 Å². The number of carboxylic acid groups (broad SMARTS) is 1. The summed E-state index contributed by atoms with van der Waals surface area (Å²) < 4.78 is 0. The first-order valence-corrected chi connectivity index (χ1v) is 7.33. The van der Waals surface area contributed by atoms with Gasteiger partial charge in [0.2, 0.25) is 0 Å². The maximum atomic E-state index is 12.0. The zero-order chi connectivity index (χ0) is 15.9. The van der Waals surface area contributed by atoms with Crippen LogP contribution < -0.4 is 5.32 Å². The van der Waals surface area contributed by atoms with Crippen molar-refractivity contribution in [2.75, 3.05) is 6.54 Å². The first kappa shape index (κ1) is 17.1. The molecule has 0 atom stereocenters. The van der Waals surface area contributed by atoms with Gasteiger partial charge in [0.05, 0.1) is 5.56 Å². The molecule has 0 radical (unpaired) electrons. The minimum atomic E-state index is -1.10. The zero-order valence-electron chi connectivity index (χ0n) is 13.0. The average Bonchev–Trinajstić information content (AvgIpc) is 2.45. The summed E-state index contributed by atoms with van der Waals surface area (Å²) in [7, 11) is 0. The number of unbranched alkanes of at least 4 members (excludes halogenated alkanes) is 2. The van der Waals surface area contributed by atoms with Crippen molar-refractivity contribution in [1.82, 2.24) is 10.3 Å². The molecule has 2 N–H and O–H groups in total. The van der Waals surface area contributed by atoms with Crippen LogP contribution in [0.4, 0.5) is 0 Å². The Morgan fingerprint density at radius 1 is 1.29 bits per heavy atom. The van der Waals surface area contributed by atoms with Crippen molar-refractivity contribution in [2.24, 2.45) is 5.41 Å². The number of aromatic nitrogens is 1. The van der Waals surface area contributed by atoms with Gasteiger partial charge in [-0.05, 0) is 24.0 Å². The van der Waals surface area contributed by atoms with E-state index in [1.54, 1.807) is 0 Å². The zero-order valence-corrected chi connectivity index (χ0v) is 13.0. The van der Waals surface area contributed by atoms with Gasteiger partial charge in [0.15, 0.2) is 0 Å². The lowest BCUT2D eigenvalue weighted by Crippen LogP contribution is -2.34. The highest BCUT2D eigenvalue weighted by Crippen LogP contribution is 2.22. The molecule has 21 heavy (non-hydrogen) atoms. The van der Waals surface area contributed by atoms with E-state index >= 15 is 0 Å². The minimum Gasteiger partial charge on any atom is -0.477 e. The summed E-state index contributed by atoms with van der Waals surface area (Å²) in [5.74, 6) is -1.32. The van der Waals surface area contributed by atoms with Crippen LogP contribution in [-0.2, 0) is 0 Å². The predicted octanol–water partition coefficient (Wildman–Crippen LogP) is 3.12. The number of carbonyl (C=O) groups excluding carboxylic acids is 1. The number of aromatic carboxylic acids is 1. The third-order valence-electron chi connectivity index (χ3n) is 3.43. The van der Waals surface area contributed by atoms with E-state index in [2.05, 4.69) is 31.1 Å². The summed E-state index contributed by atoms with van der Waals surface area (Å²) in [6.07, 6.45) is 5.91. The molecule has 1 aromatic heterocycles. The summed E-state index contributed by atoms with van der Waals surface area (Å²) in [5, 5.41) is 11.7. The molecule has 0 bridgehead atoms. The molecule has 1 rings (SSSR count). The molecular weight excluding hydrogens is 268 g/mol. The van der Waals surface area contributed by atoms with Crippen LogP contribution >= 0.6 is 0 Å². The first-order valence-electron chi connectivity index (χ1n) is 7.33. The number of carbonyl (C=O) groups is 2. The monoisotopic (exact) mass is 292 g/mol. The number of amides is 1. The minimum absolute atomic E-state index is 0.0548. The van der Waals surface area contributed by atoms with Crippen LogP contribution in [0, 0.1) is 5.41 Å². The molecule has 0 unspecified atom stereocenters. The molecule has 5 heteroatoms. The molecule has 116 valence electrons. The molecule has 0 saturated heterocycles. The summed E-state index contributed by atoms with van der Waals surface area (Å²) in [4.78, 5) is 26.4. The van der Waals surface area contributed by atoms with Crippen molar-refractivity contribution in [3.63, 3.8) is 0 Å². The van der Waals surface area contributed by atoms with Crippen molar-refractivity contribution in [2.45, 2.75) is 46.5 Å². The summed E-state index contributed by atoms with van der Waals surface area (Å²) in [6, 6.07) is 2.82. The van der Waals surface area contributed by atoms with Gasteiger partial charge in [-0.1, -0.05) is 40.0 Å². The van der Waals surface area contributed by atoms with Gasteiger partial charge in [-0.2, -0.15) is 0 Å². The number of hydrogen-bond donors (Lipinski definition) is 2. The summed E-state index contributed by atoms with van der Waals surface area (Å²) in [5.41, 5.74) is 0.370. The molecule has 5 nitrogen and oxygen atoms in total. The Morgan fingerprint density at radius 3 is 2.52 bits per heavy atom. The molecule has 1 amide bonds. The number of pyridine rings is 1. The van der Waals surface area contributed by atoms with E-state index in [-0.39, 0.29) is 17.0 Å². The van der Waals surface area contributed by atoms with E-state index in [0.29, 0.717) is 12.1 Å². The van der Waals surface area contributed by atoms with Gasteiger partial charge >= 0.3 is 5.97 Å². The Labute approximate surface area is 125 Å². The number of nitrogens with zero attached hydrogens (tertiary/aromatic N) is 1.